The quantitative estimate of drug-likeness (QED) is 0.199. The number of benzene rings is 1. The number of carbonyl (C=O) groups excluding carboxylic acids is 2. The van der Waals surface area contributed by atoms with E-state index in [1.54, 1.807) is 35.7 Å². The number of thioether (sulfide) groups is 8. The molecule has 10 heteroatoms. The highest BCUT2D eigenvalue weighted by atomic mass is 32.3. The minimum absolute atomic E-state index is 0.0314. The van der Waals surface area contributed by atoms with Crippen molar-refractivity contribution in [3.63, 3.8) is 0 Å². The van der Waals surface area contributed by atoms with Gasteiger partial charge in [-0.2, -0.15) is 0 Å². The molecule has 2 nitrogen and oxygen atoms in total. The summed E-state index contributed by atoms with van der Waals surface area (Å²) in [6.07, 6.45) is 10.5. The fourth-order valence-corrected chi connectivity index (χ4v) is 16.7. The van der Waals surface area contributed by atoms with E-state index < -0.39 is 0 Å². The van der Waals surface area contributed by atoms with Crippen LogP contribution in [0.15, 0.2) is 60.8 Å². The third-order valence-corrected chi connectivity index (χ3v) is 18.5. The lowest BCUT2D eigenvalue weighted by molar-refractivity contribution is 0.0976. The van der Waals surface area contributed by atoms with Crippen molar-refractivity contribution >= 4 is 106 Å². The van der Waals surface area contributed by atoms with Gasteiger partial charge in [0.25, 0.3) is 0 Å². The van der Waals surface area contributed by atoms with Gasteiger partial charge in [0.2, 0.25) is 0 Å². The highest BCUT2D eigenvalue weighted by molar-refractivity contribution is 8.45. The molecule has 0 atom stereocenters. The van der Waals surface area contributed by atoms with E-state index in [0.29, 0.717) is 33.8 Å². The normalized spacial score (nSPS) is 19.4. The summed E-state index contributed by atoms with van der Waals surface area (Å²) in [4.78, 5) is 26.6. The number of carbonyl (C=O) groups is 2. The minimum atomic E-state index is 0.0314. The fraction of sp³-hybridized carbons (Fsp3) is 0.467. The Labute approximate surface area is 273 Å². The number of hydrogen-bond donors (Lipinski definition) is 0. The van der Waals surface area contributed by atoms with Gasteiger partial charge in [-0.3, -0.25) is 9.59 Å². The minimum Gasteiger partial charge on any atom is -0.289 e. The lowest BCUT2D eigenvalue weighted by Gasteiger charge is -2.22. The molecule has 1 aromatic rings. The maximum Gasteiger partial charge on any atom is 0.191 e. The van der Waals surface area contributed by atoms with Gasteiger partial charge >= 0.3 is 0 Å². The molecule has 0 N–H and O–H groups in total. The summed E-state index contributed by atoms with van der Waals surface area (Å²) in [6, 6.07) is 7.29. The van der Waals surface area contributed by atoms with Crippen LogP contribution in [0.25, 0.3) is 0 Å². The van der Waals surface area contributed by atoms with Gasteiger partial charge in [-0.25, -0.2) is 0 Å². The van der Waals surface area contributed by atoms with Crippen molar-refractivity contribution in [1.29, 1.82) is 0 Å². The van der Waals surface area contributed by atoms with Crippen molar-refractivity contribution in [2.45, 2.75) is 65.2 Å². The van der Waals surface area contributed by atoms with E-state index in [1.165, 1.54) is 88.3 Å². The number of hydrogen-bond acceptors (Lipinski definition) is 10. The second-order valence-corrected chi connectivity index (χ2v) is 19.5. The second-order valence-electron chi connectivity index (χ2n) is 9.69. The Morgan fingerprint density at radius 3 is 1.50 bits per heavy atom. The highest BCUT2D eigenvalue weighted by Gasteiger charge is 2.36. The van der Waals surface area contributed by atoms with Crippen LogP contribution in [0, 0.1) is 0 Å². The summed E-state index contributed by atoms with van der Waals surface area (Å²) in [7, 11) is 0. The van der Waals surface area contributed by atoms with Crippen molar-refractivity contribution in [2.75, 3.05) is 23.0 Å². The first kappa shape index (κ1) is 31.7. The van der Waals surface area contributed by atoms with Gasteiger partial charge < -0.3 is 0 Å². The molecule has 0 aromatic heterocycles. The Hall–Kier alpha value is 0.320. The molecule has 0 bridgehead atoms. The number of fused-ring (bicyclic) bond motifs is 1. The molecular formula is C30H34O2S8. The Morgan fingerprint density at radius 2 is 1.05 bits per heavy atom. The lowest BCUT2D eigenvalue weighted by Crippen LogP contribution is -2.24. The molecule has 0 saturated carbocycles. The van der Waals surface area contributed by atoms with E-state index in [4.69, 9.17) is 0 Å². The molecule has 4 aliphatic rings. The fourth-order valence-electron chi connectivity index (χ4n) is 4.51. The van der Waals surface area contributed by atoms with Gasteiger partial charge in [0.1, 0.15) is 0 Å². The van der Waals surface area contributed by atoms with Crippen LogP contribution in [0.1, 0.15) is 85.9 Å². The maximum atomic E-state index is 13.3. The number of ketones is 2. The summed E-state index contributed by atoms with van der Waals surface area (Å²) in [5, 5.41) is 0. The zero-order chi connectivity index (χ0) is 27.9. The van der Waals surface area contributed by atoms with Gasteiger partial charge in [-0.1, -0.05) is 124 Å². The molecule has 0 fully saturated rings. The van der Waals surface area contributed by atoms with E-state index >= 15 is 0 Å². The third-order valence-electron chi connectivity index (χ3n) is 6.73. The van der Waals surface area contributed by atoms with Crippen LogP contribution in [0.2, 0.25) is 0 Å². The average Bonchev–Trinajstić information content (AvgIpc) is 3.55. The number of unbranched alkanes of at least 4 members (excludes halogenated alkanes) is 6. The summed E-state index contributed by atoms with van der Waals surface area (Å²) in [5.74, 6) is 3.61. The smallest absolute Gasteiger partial charge is 0.191 e. The van der Waals surface area contributed by atoms with Crippen molar-refractivity contribution < 1.29 is 9.59 Å². The van der Waals surface area contributed by atoms with Gasteiger partial charge in [-0.15, -0.1) is 47.0 Å². The van der Waals surface area contributed by atoms with Crippen LogP contribution >= 0.6 is 94.1 Å². The van der Waals surface area contributed by atoms with E-state index in [9.17, 15) is 9.59 Å². The first-order chi connectivity index (χ1) is 19.6. The van der Waals surface area contributed by atoms with Crippen LogP contribution in [0.4, 0.5) is 0 Å². The first-order valence-corrected chi connectivity index (χ1v) is 21.2. The standard InChI is InChI=1S/C30H34O2S8/c1-3-5-7-11-15-33-25-26(34-16-12-8-6-4-2)38-29(37-25)30-39-27-28(40-30)36-18-22-21(17-35-27)23(31)19-13-9-10-14-20(19)24(22)32/h9-10,13-14H,3-8,11-12,15-18H2,1-2H3. The highest BCUT2D eigenvalue weighted by Crippen LogP contribution is 2.66. The first-order valence-electron chi connectivity index (χ1n) is 14.0. The molecule has 3 aliphatic heterocycles. The lowest BCUT2D eigenvalue weighted by atomic mass is 9.85. The van der Waals surface area contributed by atoms with E-state index in [0.717, 1.165) is 0 Å². The zero-order valence-corrected chi connectivity index (χ0v) is 29.4. The molecule has 0 saturated heterocycles. The molecule has 40 heavy (non-hydrogen) atoms. The molecule has 214 valence electrons. The molecule has 3 heterocycles. The Balaban J connectivity index is 1.24. The van der Waals surface area contributed by atoms with Crippen LogP contribution in [0.3, 0.4) is 0 Å². The molecule has 0 unspecified atom stereocenters. The monoisotopic (exact) mass is 682 g/mol. The van der Waals surface area contributed by atoms with Crippen molar-refractivity contribution in [3.05, 3.63) is 72.0 Å². The van der Waals surface area contributed by atoms with Crippen molar-refractivity contribution in [3.8, 4) is 0 Å². The Morgan fingerprint density at radius 1 is 0.600 bits per heavy atom. The number of Topliss-reactive ketones (excluding diaryl/α,β-unsaturated/α-hetero) is 2. The molecule has 0 spiro atoms. The maximum absolute atomic E-state index is 13.3. The average molecular weight is 683 g/mol. The van der Waals surface area contributed by atoms with Gasteiger partial charge in [0.15, 0.2) is 11.6 Å². The summed E-state index contributed by atoms with van der Waals surface area (Å²) >= 11 is 15.3. The van der Waals surface area contributed by atoms with E-state index in [1.807, 2.05) is 59.2 Å². The van der Waals surface area contributed by atoms with Crippen LogP contribution in [-0.4, -0.2) is 34.6 Å². The third kappa shape index (κ3) is 7.69. The van der Waals surface area contributed by atoms with Gasteiger partial charge in [0.05, 0.1) is 25.4 Å². The SMILES string of the molecule is CCCCCCSC1=C(SCCCCCC)SC(=C2SC3=C(SCC4=C(CS3)C(=O)c3ccccc3C4=O)S2)S1. The van der Waals surface area contributed by atoms with E-state index in [2.05, 4.69) is 37.4 Å². The predicted molar refractivity (Wildman–Crippen MR) is 192 cm³/mol. The van der Waals surface area contributed by atoms with Gasteiger partial charge in [0, 0.05) is 33.8 Å². The summed E-state index contributed by atoms with van der Waals surface area (Å²) in [6.45, 7) is 4.55. The van der Waals surface area contributed by atoms with Crippen molar-refractivity contribution in [2.24, 2.45) is 0 Å². The largest absolute Gasteiger partial charge is 0.289 e. The van der Waals surface area contributed by atoms with Crippen LogP contribution in [0.5, 0.6) is 0 Å². The molecular weight excluding hydrogens is 649 g/mol. The molecule has 0 radical (unpaired) electrons. The van der Waals surface area contributed by atoms with Gasteiger partial charge in [-0.05, 0) is 24.3 Å². The summed E-state index contributed by atoms with van der Waals surface area (Å²) in [5.41, 5.74) is 2.53. The Bertz CT molecular complexity index is 1190. The Kier molecular flexibility index (Phi) is 12.6. The summed E-state index contributed by atoms with van der Waals surface area (Å²) < 4.78 is 8.35. The van der Waals surface area contributed by atoms with Crippen LogP contribution in [-0.2, 0) is 0 Å². The van der Waals surface area contributed by atoms with E-state index in [-0.39, 0.29) is 11.6 Å². The molecule has 1 aliphatic carbocycles. The predicted octanol–water partition coefficient (Wildman–Crippen LogP) is 11.8. The molecule has 5 rings (SSSR count). The zero-order valence-electron chi connectivity index (χ0n) is 22.9. The van der Waals surface area contributed by atoms with Crippen molar-refractivity contribution in [1.82, 2.24) is 0 Å². The van der Waals surface area contributed by atoms with Crippen LogP contribution < -0.4 is 0 Å². The molecule has 0 amide bonds. The topological polar surface area (TPSA) is 34.1 Å². The second kappa shape index (κ2) is 15.9. The molecule has 1 aromatic carbocycles. The number of rotatable bonds is 12.